The summed E-state index contributed by atoms with van der Waals surface area (Å²) >= 11 is 0. The number of alkyl halides is 3. The van der Waals surface area contributed by atoms with Crippen LogP contribution in [0.4, 0.5) is 13.2 Å². The molecule has 16 heavy (non-hydrogen) atoms. The van der Waals surface area contributed by atoms with E-state index in [4.69, 9.17) is 5.11 Å². The number of carbonyl (C=O) groups is 1. The highest BCUT2D eigenvalue weighted by Gasteiger charge is 2.63. The van der Waals surface area contributed by atoms with E-state index in [0.29, 0.717) is 0 Å². The zero-order valence-corrected chi connectivity index (χ0v) is 8.54. The first-order chi connectivity index (χ1) is 7.12. The normalized spacial score (nSPS) is 15.9. The highest BCUT2D eigenvalue weighted by atomic mass is 19.4. The fraction of sp³-hybridized carbons (Fsp3) is 0.444. The SMILES string of the molecule is Cc1ccn(C)c1C(O)(C(=O)O)C(F)(F)F. The number of hydrogen-bond donors (Lipinski definition) is 2. The third-order valence-electron chi connectivity index (χ3n) is 2.34. The molecule has 4 nitrogen and oxygen atoms in total. The summed E-state index contributed by atoms with van der Waals surface area (Å²) in [5.41, 5.74) is -4.51. The second-order valence-corrected chi connectivity index (χ2v) is 3.47. The molecule has 0 aromatic carbocycles. The maximum absolute atomic E-state index is 12.6. The van der Waals surface area contributed by atoms with Crippen LogP contribution >= 0.6 is 0 Å². The number of aromatic nitrogens is 1. The standard InChI is InChI=1S/C9H10F3NO3/c1-5-3-4-13(2)6(5)8(16,7(14)15)9(10,11)12/h3-4,16H,1-2H3,(H,14,15). The first kappa shape index (κ1) is 12.6. The molecule has 1 rings (SSSR count). The zero-order valence-electron chi connectivity index (χ0n) is 8.54. The number of aliphatic carboxylic acids is 1. The van der Waals surface area contributed by atoms with Crippen LogP contribution in [0.2, 0.25) is 0 Å². The summed E-state index contributed by atoms with van der Waals surface area (Å²) in [4.78, 5) is 10.7. The molecule has 0 amide bonds. The molecular formula is C9H10F3NO3. The van der Waals surface area contributed by atoms with Crippen LogP contribution < -0.4 is 0 Å². The molecular weight excluding hydrogens is 227 g/mol. The predicted octanol–water partition coefficient (Wildman–Crippen LogP) is 1.17. The van der Waals surface area contributed by atoms with Gasteiger partial charge in [0.1, 0.15) is 0 Å². The molecule has 0 aliphatic heterocycles. The quantitative estimate of drug-likeness (QED) is 0.811. The Labute approximate surface area is 88.9 Å². The monoisotopic (exact) mass is 237 g/mol. The highest BCUT2D eigenvalue weighted by molar-refractivity contribution is 5.80. The molecule has 0 bridgehead atoms. The Morgan fingerprint density at radius 1 is 1.44 bits per heavy atom. The number of rotatable bonds is 2. The Hall–Kier alpha value is -1.50. The van der Waals surface area contributed by atoms with E-state index < -0.39 is 23.4 Å². The van der Waals surface area contributed by atoms with Gasteiger partial charge in [0.05, 0.1) is 5.69 Å². The molecule has 7 heteroatoms. The summed E-state index contributed by atoms with van der Waals surface area (Å²) in [6.07, 6.45) is -4.03. The van der Waals surface area contributed by atoms with E-state index in [2.05, 4.69) is 0 Å². The number of carboxylic acids is 1. The van der Waals surface area contributed by atoms with Crippen LogP contribution in [0.15, 0.2) is 12.3 Å². The average Bonchev–Trinajstić information content (AvgIpc) is 2.43. The highest BCUT2D eigenvalue weighted by Crippen LogP contribution is 2.40. The molecule has 90 valence electrons. The van der Waals surface area contributed by atoms with Gasteiger partial charge in [0.15, 0.2) is 0 Å². The van der Waals surface area contributed by atoms with E-state index in [9.17, 15) is 23.1 Å². The smallest absolute Gasteiger partial charge is 0.434 e. The fourth-order valence-electron chi connectivity index (χ4n) is 1.55. The molecule has 1 aromatic heterocycles. The molecule has 0 spiro atoms. The minimum Gasteiger partial charge on any atom is -0.479 e. The van der Waals surface area contributed by atoms with Crippen LogP contribution in [0, 0.1) is 6.92 Å². The van der Waals surface area contributed by atoms with Crippen molar-refractivity contribution in [2.45, 2.75) is 18.7 Å². The number of halogens is 3. The van der Waals surface area contributed by atoms with Gasteiger partial charge in [-0.15, -0.1) is 0 Å². The van der Waals surface area contributed by atoms with Crippen molar-refractivity contribution in [3.8, 4) is 0 Å². The van der Waals surface area contributed by atoms with Crippen molar-refractivity contribution < 1.29 is 28.2 Å². The molecule has 1 aromatic rings. The first-order valence-electron chi connectivity index (χ1n) is 4.27. The van der Waals surface area contributed by atoms with Crippen LogP contribution in [0.3, 0.4) is 0 Å². The lowest BCUT2D eigenvalue weighted by Gasteiger charge is -2.27. The van der Waals surface area contributed by atoms with Crippen LogP contribution in [0.5, 0.6) is 0 Å². The van der Waals surface area contributed by atoms with Gasteiger partial charge in [-0.05, 0) is 18.6 Å². The zero-order chi connectivity index (χ0) is 12.7. The Morgan fingerprint density at radius 3 is 2.19 bits per heavy atom. The topological polar surface area (TPSA) is 62.5 Å². The fourth-order valence-corrected chi connectivity index (χ4v) is 1.55. The minimum atomic E-state index is -5.28. The molecule has 0 radical (unpaired) electrons. The Kier molecular flexibility index (Phi) is 2.76. The lowest BCUT2D eigenvalue weighted by molar-refractivity contribution is -0.267. The van der Waals surface area contributed by atoms with Gasteiger partial charge in [-0.3, -0.25) is 0 Å². The van der Waals surface area contributed by atoms with E-state index >= 15 is 0 Å². The van der Waals surface area contributed by atoms with Crippen molar-refractivity contribution in [3.63, 3.8) is 0 Å². The third kappa shape index (κ3) is 1.57. The molecule has 0 saturated carbocycles. The summed E-state index contributed by atoms with van der Waals surface area (Å²) in [5, 5.41) is 18.0. The van der Waals surface area contributed by atoms with Crippen LogP contribution in [0.1, 0.15) is 11.3 Å². The maximum atomic E-state index is 12.6. The Morgan fingerprint density at radius 2 is 1.94 bits per heavy atom. The Bertz CT molecular complexity index is 405. The number of nitrogens with zero attached hydrogens (tertiary/aromatic N) is 1. The summed E-state index contributed by atoms with van der Waals surface area (Å²) in [6.45, 7) is 1.30. The van der Waals surface area contributed by atoms with Gasteiger partial charge < -0.3 is 14.8 Å². The van der Waals surface area contributed by atoms with Gasteiger partial charge in [-0.1, -0.05) is 0 Å². The van der Waals surface area contributed by atoms with Crippen LogP contribution in [-0.2, 0) is 17.4 Å². The van der Waals surface area contributed by atoms with Gasteiger partial charge in [0.2, 0.25) is 0 Å². The van der Waals surface area contributed by atoms with Crippen molar-refractivity contribution in [1.82, 2.24) is 4.57 Å². The van der Waals surface area contributed by atoms with E-state index in [1.54, 1.807) is 0 Å². The van der Waals surface area contributed by atoms with Crippen molar-refractivity contribution >= 4 is 5.97 Å². The largest absolute Gasteiger partial charge is 0.479 e. The molecule has 0 aliphatic carbocycles. The Balaban J connectivity index is 3.52. The molecule has 2 N–H and O–H groups in total. The molecule has 1 heterocycles. The lowest BCUT2D eigenvalue weighted by Crippen LogP contribution is -2.50. The van der Waals surface area contributed by atoms with E-state index in [1.807, 2.05) is 0 Å². The predicted molar refractivity (Wildman–Crippen MR) is 47.7 cm³/mol. The summed E-state index contributed by atoms with van der Waals surface area (Å²) in [6, 6.07) is 1.30. The van der Waals surface area contributed by atoms with Gasteiger partial charge in [-0.25, -0.2) is 4.79 Å². The first-order valence-corrected chi connectivity index (χ1v) is 4.27. The number of aliphatic hydroxyl groups is 1. The second kappa shape index (κ2) is 3.51. The van der Waals surface area contributed by atoms with Crippen molar-refractivity contribution in [1.29, 1.82) is 0 Å². The molecule has 0 saturated heterocycles. The minimum absolute atomic E-state index is 0.0599. The molecule has 1 atom stereocenters. The van der Waals surface area contributed by atoms with Crippen LogP contribution in [-0.4, -0.2) is 26.9 Å². The van der Waals surface area contributed by atoms with Gasteiger partial charge >= 0.3 is 12.1 Å². The summed E-state index contributed by atoms with van der Waals surface area (Å²) in [5.74, 6) is -2.34. The summed E-state index contributed by atoms with van der Waals surface area (Å²) < 4.78 is 38.8. The van der Waals surface area contributed by atoms with Crippen molar-refractivity contribution in [3.05, 3.63) is 23.5 Å². The van der Waals surface area contributed by atoms with Crippen molar-refractivity contribution in [2.75, 3.05) is 0 Å². The molecule has 1 unspecified atom stereocenters. The summed E-state index contributed by atoms with van der Waals surface area (Å²) in [7, 11) is 1.24. The van der Waals surface area contributed by atoms with Gasteiger partial charge in [0, 0.05) is 13.2 Å². The second-order valence-electron chi connectivity index (χ2n) is 3.47. The van der Waals surface area contributed by atoms with Gasteiger partial charge in [-0.2, -0.15) is 13.2 Å². The van der Waals surface area contributed by atoms with E-state index in [-0.39, 0.29) is 5.56 Å². The lowest BCUT2D eigenvalue weighted by atomic mass is 9.96. The number of carboxylic acid groups (broad SMARTS) is 1. The maximum Gasteiger partial charge on any atom is 0.434 e. The average molecular weight is 237 g/mol. The van der Waals surface area contributed by atoms with Gasteiger partial charge in [0.25, 0.3) is 5.60 Å². The van der Waals surface area contributed by atoms with Crippen molar-refractivity contribution in [2.24, 2.45) is 7.05 Å². The van der Waals surface area contributed by atoms with E-state index in [0.717, 1.165) is 4.57 Å². The molecule has 0 aliphatic rings. The number of aryl methyl sites for hydroxylation is 2. The van der Waals surface area contributed by atoms with Crippen LogP contribution in [0.25, 0.3) is 0 Å². The number of hydrogen-bond acceptors (Lipinski definition) is 2. The van der Waals surface area contributed by atoms with E-state index in [1.165, 1.54) is 26.2 Å². The third-order valence-corrected chi connectivity index (χ3v) is 2.34. The molecule has 0 fully saturated rings.